The van der Waals surface area contributed by atoms with Gasteiger partial charge in [0.15, 0.2) is 0 Å². The number of hydrogen-bond donors (Lipinski definition) is 3. The third-order valence-electron chi connectivity index (χ3n) is 3.39. The number of carbonyl (C=O) groups is 2. The Kier molecular flexibility index (Phi) is 4.16. The van der Waals surface area contributed by atoms with E-state index in [1.54, 1.807) is 19.1 Å². The summed E-state index contributed by atoms with van der Waals surface area (Å²) >= 11 is 0. The maximum Gasteiger partial charge on any atom is 0.336 e. The van der Waals surface area contributed by atoms with Crippen LogP contribution in [0.25, 0.3) is 0 Å². The monoisotopic (exact) mass is 262 g/mol. The van der Waals surface area contributed by atoms with Crippen molar-refractivity contribution in [3.8, 4) is 0 Å². The molecular formula is C14H18N2O3. The van der Waals surface area contributed by atoms with Crippen LogP contribution in [0.15, 0.2) is 18.2 Å². The molecule has 0 bridgehead atoms. The second-order valence-corrected chi connectivity index (χ2v) is 4.95. The van der Waals surface area contributed by atoms with Crippen molar-refractivity contribution >= 4 is 17.6 Å². The molecule has 1 unspecified atom stereocenters. The molecule has 0 spiro atoms. The molecule has 2 rings (SSSR count). The summed E-state index contributed by atoms with van der Waals surface area (Å²) < 4.78 is 0. The van der Waals surface area contributed by atoms with Gasteiger partial charge < -0.3 is 15.7 Å². The number of nitrogens with one attached hydrogen (secondary N) is 2. The molecule has 102 valence electrons. The van der Waals surface area contributed by atoms with Crippen LogP contribution >= 0.6 is 0 Å². The van der Waals surface area contributed by atoms with Crippen molar-refractivity contribution in [2.45, 2.75) is 19.8 Å². The zero-order chi connectivity index (χ0) is 13.8. The van der Waals surface area contributed by atoms with Gasteiger partial charge in [-0.25, -0.2) is 4.79 Å². The number of amides is 1. The van der Waals surface area contributed by atoms with Gasteiger partial charge in [0.05, 0.1) is 5.56 Å². The molecule has 1 atom stereocenters. The highest BCUT2D eigenvalue weighted by atomic mass is 16.4. The minimum Gasteiger partial charge on any atom is -0.478 e. The van der Waals surface area contributed by atoms with E-state index in [2.05, 4.69) is 10.6 Å². The van der Waals surface area contributed by atoms with Crippen LogP contribution in [0.2, 0.25) is 0 Å². The van der Waals surface area contributed by atoms with Gasteiger partial charge in [-0.3, -0.25) is 4.79 Å². The molecule has 5 heteroatoms. The number of carboxylic acid groups (broad SMARTS) is 1. The smallest absolute Gasteiger partial charge is 0.336 e. The van der Waals surface area contributed by atoms with Gasteiger partial charge in [-0.2, -0.15) is 0 Å². The summed E-state index contributed by atoms with van der Waals surface area (Å²) in [6, 6.07) is 4.94. The van der Waals surface area contributed by atoms with E-state index in [4.69, 9.17) is 5.11 Å². The molecule has 1 aromatic carbocycles. The van der Waals surface area contributed by atoms with Crippen LogP contribution in [-0.2, 0) is 4.79 Å². The van der Waals surface area contributed by atoms with Gasteiger partial charge >= 0.3 is 5.97 Å². The summed E-state index contributed by atoms with van der Waals surface area (Å²) in [4.78, 5) is 22.9. The van der Waals surface area contributed by atoms with Crippen molar-refractivity contribution in [1.29, 1.82) is 0 Å². The van der Waals surface area contributed by atoms with E-state index >= 15 is 0 Å². The van der Waals surface area contributed by atoms with Gasteiger partial charge in [-0.05, 0) is 50.0 Å². The minimum atomic E-state index is -0.978. The Bertz CT molecular complexity index is 493. The molecule has 0 aliphatic carbocycles. The second-order valence-electron chi connectivity index (χ2n) is 4.95. The van der Waals surface area contributed by atoms with E-state index in [0.717, 1.165) is 19.5 Å². The third-order valence-corrected chi connectivity index (χ3v) is 3.39. The lowest BCUT2D eigenvalue weighted by atomic mass is 10.0. The number of rotatable bonds is 4. The first-order valence-corrected chi connectivity index (χ1v) is 6.41. The summed E-state index contributed by atoms with van der Waals surface area (Å²) in [5, 5.41) is 15.0. The molecule has 1 aliphatic heterocycles. The molecule has 5 nitrogen and oxygen atoms in total. The Morgan fingerprint density at radius 1 is 1.47 bits per heavy atom. The van der Waals surface area contributed by atoms with Gasteiger partial charge in [0, 0.05) is 12.1 Å². The lowest BCUT2D eigenvalue weighted by Gasteiger charge is -2.10. The normalized spacial score (nSPS) is 18.3. The molecule has 0 saturated carbocycles. The van der Waals surface area contributed by atoms with Gasteiger partial charge in [-0.15, -0.1) is 0 Å². The first-order chi connectivity index (χ1) is 9.06. The molecule has 1 fully saturated rings. The molecule has 3 N–H and O–H groups in total. The average molecular weight is 262 g/mol. The van der Waals surface area contributed by atoms with E-state index in [0.29, 0.717) is 23.6 Å². The summed E-state index contributed by atoms with van der Waals surface area (Å²) in [7, 11) is 0. The first kappa shape index (κ1) is 13.5. The third kappa shape index (κ3) is 3.54. The van der Waals surface area contributed by atoms with Crippen molar-refractivity contribution in [2.24, 2.45) is 5.92 Å². The van der Waals surface area contributed by atoms with Crippen LogP contribution in [0.1, 0.15) is 28.8 Å². The summed E-state index contributed by atoms with van der Waals surface area (Å²) in [5.74, 6) is -0.660. The quantitative estimate of drug-likeness (QED) is 0.770. The molecule has 1 heterocycles. The van der Waals surface area contributed by atoms with E-state index in [1.165, 1.54) is 6.07 Å². The molecule has 1 aliphatic rings. The van der Waals surface area contributed by atoms with Crippen LogP contribution in [0, 0.1) is 12.8 Å². The Morgan fingerprint density at radius 3 is 2.89 bits per heavy atom. The van der Waals surface area contributed by atoms with Crippen molar-refractivity contribution in [1.82, 2.24) is 5.32 Å². The Hall–Kier alpha value is -1.88. The second kappa shape index (κ2) is 5.84. The van der Waals surface area contributed by atoms with Crippen molar-refractivity contribution in [3.63, 3.8) is 0 Å². The summed E-state index contributed by atoms with van der Waals surface area (Å²) in [5.41, 5.74) is 1.45. The van der Waals surface area contributed by atoms with E-state index < -0.39 is 5.97 Å². The standard InChI is InChI=1S/C14H18N2O3/c1-9-2-3-11(7-12(9)14(18)19)16-13(17)6-10-4-5-15-8-10/h2-3,7,10,15H,4-6,8H2,1H3,(H,16,17)(H,18,19). The fourth-order valence-corrected chi connectivity index (χ4v) is 2.29. The topological polar surface area (TPSA) is 78.4 Å². The minimum absolute atomic E-state index is 0.0612. The maximum absolute atomic E-state index is 11.8. The zero-order valence-electron chi connectivity index (χ0n) is 10.9. The highest BCUT2D eigenvalue weighted by Gasteiger charge is 2.18. The molecule has 0 radical (unpaired) electrons. The predicted molar refractivity (Wildman–Crippen MR) is 72.4 cm³/mol. The van der Waals surface area contributed by atoms with Gasteiger partial charge in [-0.1, -0.05) is 6.07 Å². The van der Waals surface area contributed by atoms with E-state index in [1.807, 2.05) is 0 Å². The SMILES string of the molecule is Cc1ccc(NC(=O)CC2CCNC2)cc1C(=O)O. The van der Waals surface area contributed by atoms with Crippen LogP contribution in [0.3, 0.4) is 0 Å². The molecular weight excluding hydrogens is 244 g/mol. The van der Waals surface area contributed by atoms with E-state index in [-0.39, 0.29) is 11.5 Å². The zero-order valence-corrected chi connectivity index (χ0v) is 10.9. The predicted octanol–water partition coefficient (Wildman–Crippen LogP) is 1.63. The van der Waals surface area contributed by atoms with Crippen molar-refractivity contribution in [3.05, 3.63) is 29.3 Å². The number of hydrogen-bond acceptors (Lipinski definition) is 3. The molecule has 19 heavy (non-hydrogen) atoms. The van der Waals surface area contributed by atoms with Crippen molar-refractivity contribution < 1.29 is 14.7 Å². The number of aromatic carboxylic acids is 1. The molecule has 1 aromatic rings. The summed E-state index contributed by atoms with van der Waals surface area (Å²) in [6.07, 6.45) is 1.49. The maximum atomic E-state index is 11.8. The van der Waals surface area contributed by atoms with Crippen LogP contribution in [0.4, 0.5) is 5.69 Å². The van der Waals surface area contributed by atoms with Crippen molar-refractivity contribution in [2.75, 3.05) is 18.4 Å². The highest BCUT2D eigenvalue weighted by molar-refractivity contribution is 5.94. The number of anilines is 1. The van der Waals surface area contributed by atoms with E-state index in [9.17, 15) is 9.59 Å². The largest absolute Gasteiger partial charge is 0.478 e. The Balaban J connectivity index is 2.00. The van der Waals surface area contributed by atoms with Gasteiger partial charge in [0.25, 0.3) is 0 Å². The van der Waals surface area contributed by atoms with Crippen LogP contribution < -0.4 is 10.6 Å². The Labute approximate surface area is 112 Å². The lowest BCUT2D eigenvalue weighted by Crippen LogP contribution is -2.18. The van der Waals surface area contributed by atoms with Crippen LogP contribution in [-0.4, -0.2) is 30.1 Å². The lowest BCUT2D eigenvalue weighted by molar-refractivity contribution is -0.116. The fourth-order valence-electron chi connectivity index (χ4n) is 2.29. The number of carboxylic acids is 1. The van der Waals surface area contributed by atoms with Gasteiger partial charge in [0.1, 0.15) is 0 Å². The molecule has 0 aromatic heterocycles. The number of benzene rings is 1. The van der Waals surface area contributed by atoms with Crippen LogP contribution in [0.5, 0.6) is 0 Å². The highest BCUT2D eigenvalue weighted by Crippen LogP contribution is 2.17. The number of aryl methyl sites for hydroxylation is 1. The Morgan fingerprint density at radius 2 is 2.26 bits per heavy atom. The number of carbonyl (C=O) groups excluding carboxylic acids is 1. The fraction of sp³-hybridized carbons (Fsp3) is 0.429. The molecule has 1 saturated heterocycles. The van der Waals surface area contributed by atoms with Gasteiger partial charge in [0.2, 0.25) is 5.91 Å². The summed E-state index contributed by atoms with van der Waals surface area (Å²) in [6.45, 7) is 3.58. The average Bonchev–Trinajstić information content (AvgIpc) is 2.84. The molecule has 1 amide bonds. The first-order valence-electron chi connectivity index (χ1n) is 6.41.